The van der Waals surface area contributed by atoms with Crippen molar-refractivity contribution in [3.63, 3.8) is 0 Å². The molecule has 0 aromatic heterocycles. The normalized spacial score (nSPS) is 16.2. The van der Waals surface area contributed by atoms with Gasteiger partial charge in [0, 0.05) is 19.6 Å². The first-order valence-electron chi connectivity index (χ1n) is 8.07. The molecule has 0 saturated carbocycles. The monoisotopic (exact) mass is 280 g/mol. The number of nitrogens with zero attached hydrogens (tertiary/aromatic N) is 2. The molecule has 0 spiro atoms. The maximum absolute atomic E-state index is 4.62. The fraction of sp³-hybridized carbons (Fsp3) is 0.812. The molecule has 0 fully saturated rings. The quantitative estimate of drug-likeness (QED) is 0.310. The standard InChI is InChI=1S/C16H32N4/c1-4-17-16(18-12-8-14-20(2)3)19-13-11-15-9-6-5-7-10-15/h9H,4-8,10-14H2,1-3H3,(H2,17,18,19). The number of rotatable bonds is 8. The van der Waals surface area contributed by atoms with Gasteiger partial charge in [0.1, 0.15) is 0 Å². The summed E-state index contributed by atoms with van der Waals surface area (Å²) >= 11 is 0. The lowest BCUT2D eigenvalue weighted by atomic mass is 9.97. The Balaban J connectivity index is 2.23. The Morgan fingerprint density at radius 1 is 1.30 bits per heavy atom. The first-order valence-corrected chi connectivity index (χ1v) is 8.07. The van der Waals surface area contributed by atoms with Crippen LogP contribution >= 0.6 is 0 Å². The summed E-state index contributed by atoms with van der Waals surface area (Å²) in [7, 11) is 4.20. The van der Waals surface area contributed by atoms with Crippen LogP contribution in [0.4, 0.5) is 0 Å². The molecule has 4 nitrogen and oxygen atoms in total. The molecule has 0 radical (unpaired) electrons. The number of hydrogen-bond donors (Lipinski definition) is 2. The van der Waals surface area contributed by atoms with Crippen LogP contribution in [0.2, 0.25) is 0 Å². The van der Waals surface area contributed by atoms with E-state index in [0.29, 0.717) is 0 Å². The van der Waals surface area contributed by atoms with E-state index < -0.39 is 0 Å². The van der Waals surface area contributed by atoms with Gasteiger partial charge >= 0.3 is 0 Å². The van der Waals surface area contributed by atoms with Gasteiger partial charge in [-0.1, -0.05) is 11.6 Å². The van der Waals surface area contributed by atoms with Crippen LogP contribution in [0.5, 0.6) is 0 Å². The van der Waals surface area contributed by atoms with Gasteiger partial charge in [0.25, 0.3) is 0 Å². The highest BCUT2D eigenvalue weighted by atomic mass is 15.2. The van der Waals surface area contributed by atoms with E-state index in [0.717, 1.165) is 45.0 Å². The average molecular weight is 280 g/mol. The van der Waals surface area contributed by atoms with Crippen LogP contribution < -0.4 is 10.6 Å². The summed E-state index contributed by atoms with van der Waals surface area (Å²) in [5.41, 5.74) is 1.62. The smallest absolute Gasteiger partial charge is 0.191 e. The van der Waals surface area contributed by atoms with Gasteiger partial charge in [-0.15, -0.1) is 0 Å². The Morgan fingerprint density at radius 3 is 2.80 bits per heavy atom. The minimum absolute atomic E-state index is 0.885. The van der Waals surface area contributed by atoms with E-state index in [-0.39, 0.29) is 0 Å². The summed E-state index contributed by atoms with van der Waals surface area (Å²) in [4.78, 5) is 6.82. The third-order valence-electron chi connectivity index (χ3n) is 3.50. The lowest BCUT2D eigenvalue weighted by Crippen LogP contribution is -2.38. The maximum Gasteiger partial charge on any atom is 0.191 e. The lowest BCUT2D eigenvalue weighted by molar-refractivity contribution is 0.403. The van der Waals surface area contributed by atoms with Crippen molar-refractivity contribution in [1.29, 1.82) is 0 Å². The van der Waals surface area contributed by atoms with Crippen LogP contribution in [0.3, 0.4) is 0 Å². The van der Waals surface area contributed by atoms with Crippen molar-refractivity contribution in [2.45, 2.75) is 45.4 Å². The summed E-state index contributed by atoms with van der Waals surface area (Å²) < 4.78 is 0. The number of guanidine groups is 1. The van der Waals surface area contributed by atoms with Crippen molar-refractivity contribution in [1.82, 2.24) is 15.5 Å². The van der Waals surface area contributed by atoms with E-state index in [1.807, 2.05) is 0 Å². The Morgan fingerprint density at radius 2 is 2.15 bits per heavy atom. The van der Waals surface area contributed by atoms with Crippen molar-refractivity contribution >= 4 is 5.96 Å². The molecule has 0 amide bonds. The van der Waals surface area contributed by atoms with E-state index in [2.05, 4.69) is 47.6 Å². The molecule has 1 aliphatic carbocycles. The molecule has 0 bridgehead atoms. The van der Waals surface area contributed by atoms with Gasteiger partial charge in [0.2, 0.25) is 0 Å². The summed E-state index contributed by atoms with van der Waals surface area (Å²) in [5.74, 6) is 0.961. The minimum Gasteiger partial charge on any atom is -0.357 e. The Kier molecular flexibility index (Phi) is 9.13. The van der Waals surface area contributed by atoms with Crippen LogP contribution in [-0.2, 0) is 0 Å². The maximum atomic E-state index is 4.62. The highest BCUT2D eigenvalue weighted by Gasteiger charge is 2.03. The molecular weight excluding hydrogens is 248 g/mol. The van der Waals surface area contributed by atoms with Crippen molar-refractivity contribution in [3.8, 4) is 0 Å². The van der Waals surface area contributed by atoms with Gasteiger partial charge in [0.15, 0.2) is 5.96 Å². The second-order valence-electron chi connectivity index (χ2n) is 5.70. The summed E-state index contributed by atoms with van der Waals surface area (Å²) in [6, 6.07) is 0. The largest absolute Gasteiger partial charge is 0.357 e. The predicted molar refractivity (Wildman–Crippen MR) is 88.3 cm³/mol. The first-order chi connectivity index (χ1) is 9.72. The zero-order valence-corrected chi connectivity index (χ0v) is 13.5. The van der Waals surface area contributed by atoms with Crippen LogP contribution in [0.15, 0.2) is 16.6 Å². The lowest BCUT2D eigenvalue weighted by Gasteiger charge is -2.15. The molecule has 4 heteroatoms. The van der Waals surface area contributed by atoms with Gasteiger partial charge in [-0.05, 0) is 66.1 Å². The number of allylic oxidation sites excluding steroid dienone is 1. The van der Waals surface area contributed by atoms with E-state index in [9.17, 15) is 0 Å². The molecule has 0 heterocycles. The van der Waals surface area contributed by atoms with Gasteiger partial charge in [-0.25, -0.2) is 0 Å². The zero-order valence-electron chi connectivity index (χ0n) is 13.5. The van der Waals surface area contributed by atoms with Crippen molar-refractivity contribution in [2.75, 3.05) is 40.3 Å². The third kappa shape index (κ3) is 8.20. The Bertz CT molecular complexity index is 308. The van der Waals surface area contributed by atoms with E-state index in [4.69, 9.17) is 0 Å². The highest BCUT2D eigenvalue weighted by molar-refractivity contribution is 5.79. The van der Waals surface area contributed by atoms with E-state index >= 15 is 0 Å². The molecule has 0 aromatic rings. The number of aliphatic imine (C=N–C) groups is 1. The summed E-state index contributed by atoms with van der Waals surface area (Å²) in [5, 5.41) is 6.75. The van der Waals surface area contributed by atoms with Gasteiger partial charge in [-0.3, -0.25) is 4.99 Å². The molecule has 1 aliphatic rings. The Hall–Kier alpha value is -1.03. The highest BCUT2D eigenvalue weighted by Crippen LogP contribution is 2.19. The van der Waals surface area contributed by atoms with Gasteiger partial charge in [0.05, 0.1) is 0 Å². The topological polar surface area (TPSA) is 39.7 Å². The molecule has 0 unspecified atom stereocenters. The SMILES string of the molecule is CCNC(=NCCCN(C)C)NCCC1=CCCCC1. The van der Waals surface area contributed by atoms with E-state index in [1.165, 1.54) is 25.7 Å². The van der Waals surface area contributed by atoms with Crippen LogP contribution in [-0.4, -0.2) is 51.1 Å². The second-order valence-corrected chi connectivity index (χ2v) is 5.70. The van der Waals surface area contributed by atoms with Crippen LogP contribution in [0.1, 0.15) is 45.4 Å². The van der Waals surface area contributed by atoms with Gasteiger partial charge < -0.3 is 15.5 Å². The van der Waals surface area contributed by atoms with Crippen molar-refractivity contribution in [3.05, 3.63) is 11.6 Å². The summed E-state index contributed by atoms with van der Waals surface area (Å²) in [6.45, 7) is 6.00. The van der Waals surface area contributed by atoms with Crippen molar-refractivity contribution in [2.24, 2.45) is 4.99 Å². The zero-order chi connectivity index (χ0) is 14.6. The molecule has 2 N–H and O–H groups in total. The second kappa shape index (κ2) is 10.7. The average Bonchev–Trinajstić information content (AvgIpc) is 2.44. The Labute approximate surface area is 124 Å². The molecular formula is C16H32N4. The first kappa shape index (κ1) is 17.0. The number of nitrogens with one attached hydrogen (secondary N) is 2. The van der Waals surface area contributed by atoms with Gasteiger partial charge in [-0.2, -0.15) is 0 Å². The summed E-state index contributed by atoms with van der Waals surface area (Å²) in [6.07, 6.45) is 9.98. The molecule has 0 aromatic carbocycles. The fourth-order valence-electron chi connectivity index (χ4n) is 2.39. The van der Waals surface area contributed by atoms with Crippen LogP contribution in [0, 0.1) is 0 Å². The number of hydrogen-bond acceptors (Lipinski definition) is 2. The molecule has 20 heavy (non-hydrogen) atoms. The van der Waals surface area contributed by atoms with Crippen molar-refractivity contribution < 1.29 is 0 Å². The van der Waals surface area contributed by atoms with E-state index in [1.54, 1.807) is 5.57 Å². The fourth-order valence-corrected chi connectivity index (χ4v) is 2.39. The third-order valence-corrected chi connectivity index (χ3v) is 3.50. The van der Waals surface area contributed by atoms with Crippen LogP contribution in [0.25, 0.3) is 0 Å². The molecule has 0 aliphatic heterocycles. The molecule has 116 valence electrons. The predicted octanol–water partition coefficient (Wildman–Crippen LogP) is 2.38. The molecule has 0 atom stereocenters. The molecule has 1 rings (SSSR count). The minimum atomic E-state index is 0.885. The molecule has 0 saturated heterocycles.